The highest BCUT2D eigenvalue weighted by Gasteiger charge is 2.27. The van der Waals surface area contributed by atoms with Gasteiger partial charge in [0.1, 0.15) is 5.76 Å². The summed E-state index contributed by atoms with van der Waals surface area (Å²) < 4.78 is 33.5. The van der Waals surface area contributed by atoms with Gasteiger partial charge in [0.2, 0.25) is 15.9 Å². The lowest BCUT2D eigenvalue weighted by Gasteiger charge is -2.22. The Morgan fingerprint density at radius 3 is 2.35 bits per heavy atom. The van der Waals surface area contributed by atoms with Crippen molar-refractivity contribution < 1.29 is 22.4 Å². The van der Waals surface area contributed by atoms with Gasteiger partial charge in [-0.3, -0.25) is 9.59 Å². The molecule has 3 aromatic rings. The van der Waals surface area contributed by atoms with Crippen LogP contribution in [0.25, 0.3) is 0 Å². The highest BCUT2D eigenvalue weighted by atomic mass is 32.2. The molecule has 2 aromatic carbocycles. The number of carbonyl (C=O) groups excluding carboxylic acids is 2. The molecule has 1 heterocycles. The van der Waals surface area contributed by atoms with Gasteiger partial charge in [-0.25, -0.2) is 8.42 Å². The molecule has 0 radical (unpaired) electrons. The number of hydrogen-bond acceptors (Lipinski definition) is 5. The Bertz CT molecular complexity index is 1190. The van der Waals surface area contributed by atoms with Crippen molar-refractivity contribution in [3.8, 4) is 0 Å². The number of aryl methyl sites for hydroxylation is 1. The number of rotatable bonds is 8. The third-order valence-corrected chi connectivity index (χ3v) is 6.61. The lowest BCUT2D eigenvalue weighted by Crippen LogP contribution is -2.30. The molecule has 162 valence electrons. The average molecular weight is 442 g/mol. The van der Waals surface area contributed by atoms with Gasteiger partial charge in [-0.2, -0.15) is 4.31 Å². The SMILES string of the molecule is CNC(=O)c1ccc(CN(Cc2ccco2)S(=O)(=O)c2ccc(C)c(C(N)=O)c2)cc1. The standard InChI is InChI=1S/C22H23N3O5S/c1-15-5-10-19(12-20(15)21(23)26)31(28,29)25(14-18-4-3-11-30-18)13-16-6-8-17(9-7-16)22(27)24-2/h3-12H,13-14H2,1-2H3,(H2,23,26)(H,24,27). The number of benzene rings is 2. The zero-order chi connectivity index (χ0) is 22.6. The van der Waals surface area contributed by atoms with Gasteiger partial charge in [-0.15, -0.1) is 0 Å². The Kier molecular flexibility index (Phi) is 6.57. The van der Waals surface area contributed by atoms with E-state index in [1.165, 1.54) is 29.7 Å². The molecule has 3 N–H and O–H groups in total. The third kappa shape index (κ3) is 5.01. The molecule has 0 saturated heterocycles. The molecule has 2 amide bonds. The summed E-state index contributed by atoms with van der Waals surface area (Å²) in [6.07, 6.45) is 1.47. The zero-order valence-corrected chi connectivity index (χ0v) is 18.0. The van der Waals surface area contributed by atoms with Gasteiger partial charge in [0.15, 0.2) is 0 Å². The van der Waals surface area contributed by atoms with Gasteiger partial charge in [0.25, 0.3) is 5.91 Å². The molecule has 0 spiro atoms. The summed E-state index contributed by atoms with van der Waals surface area (Å²) in [5.74, 6) is -0.463. The van der Waals surface area contributed by atoms with E-state index < -0.39 is 15.9 Å². The van der Waals surface area contributed by atoms with E-state index in [0.29, 0.717) is 22.5 Å². The second kappa shape index (κ2) is 9.15. The molecule has 0 aliphatic rings. The van der Waals surface area contributed by atoms with Crippen molar-refractivity contribution in [2.75, 3.05) is 7.05 Å². The lowest BCUT2D eigenvalue weighted by molar-refractivity contribution is 0.0961. The molecule has 0 unspecified atom stereocenters. The van der Waals surface area contributed by atoms with Crippen LogP contribution < -0.4 is 11.1 Å². The summed E-state index contributed by atoms with van der Waals surface area (Å²) in [7, 11) is -2.46. The quantitative estimate of drug-likeness (QED) is 0.556. The van der Waals surface area contributed by atoms with Gasteiger partial charge in [0, 0.05) is 24.7 Å². The molecular weight excluding hydrogens is 418 g/mol. The lowest BCUT2D eigenvalue weighted by atomic mass is 10.1. The van der Waals surface area contributed by atoms with Gasteiger partial charge in [0.05, 0.1) is 17.7 Å². The summed E-state index contributed by atoms with van der Waals surface area (Å²) >= 11 is 0. The van der Waals surface area contributed by atoms with E-state index in [1.807, 2.05) is 0 Å². The summed E-state index contributed by atoms with van der Waals surface area (Å²) in [6.45, 7) is 1.72. The van der Waals surface area contributed by atoms with Crippen LogP contribution in [0.15, 0.2) is 70.2 Å². The first-order valence-corrected chi connectivity index (χ1v) is 10.9. The van der Waals surface area contributed by atoms with Crippen LogP contribution in [0.2, 0.25) is 0 Å². The molecule has 3 rings (SSSR count). The molecule has 8 nitrogen and oxygen atoms in total. The van der Waals surface area contributed by atoms with Crippen molar-refractivity contribution in [1.82, 2.24) is 9.62 Å². The first-order valence-electron chi connectivity index (χ1n) is 9.46. The van der Waals surface area contributed by atoms with Crippen LogP contribution in [-0.2, 0) is 23.1 Å². The number of carbonyl (C=O) groups is 2. The van der Waals surface area contributed by atoms with E-state index >= 15 is 0 Å². The van der Waals surface area contributed by atoms with Gasteiger partial charge in [-0.1, -0.05) is 18.2 Å². The van der Waals surface area contributed by atoms with Crippen LogP contribution in [0.5, 0.6) is 0 Å². The normalized spacial score (nSPS) is 11.5. The predicted molar refractivity (Wildman–Crippen MR) is 115 cm³/mol. The van der Waals surface area contributed by atoms with E-state index in [1.54, 1.807) is 49.4 Å². The van der Waals surface area contributed by atoms with E-state index in [-0.39, 0.29) is 29.5 Å². The fourth-order valence-corrected chi connectivity index (χ4v) is 4.51. The Hall–Kier alpha value is -3.43. The minimum absolute atomic E-state index is 0.00763. The fraction of sp³-hybridized carbons (Fsp3) is 0.182. The first-order chi connectivity index (χ1) is 14.7. The minimum atomic E-state index is -3.99. The maximum absolute atomic E-state index is 13.4. The fourth-order valence-electron chi connectivity index (χ4n) is 3.09. The monoisotopic (exact) mass is 441 g/mol. The maximum Gasteiger partial charge on any atom is 0.251 e. The maximum atomic E-state index is 13.4. The largest absolute Gasteiger partial charge is 0.468 e. The number of amides is 2. The van der Waals surface area contributed by atoms with Crippen LogP contribution in [0.4, 0.5) is 0 Å². The van der Waals surface area contributed by atoms with Crippen molar-refractivity contribution in [3.05, 3.63) is 88.9 Å². The third-order valence-electron chi connectivity index (χ3n) is 4.83. The predicted octanol–water partition coefficient (Wildman–Crippen LogP) is 2.44. The second-order valence-electron chi connectivity index (χ2n) is 6.97. The van der Waals surface area contributed by atoms with Crippen LogP contribution in [-0.4, -0.2) is 31.6 Å². The van der Waals surface area contributed by atoms with Crippen molar-refractivity contribution >= 4 is 21.8 Å². The van der Waals surface area contributed by atoms with Crippen molar-refractivity contribution in [2.24, 2.45) is 5.73 Å². The number of sulfonamides is 1. The molecule has 9 heteroatoms. The molecule has 0 aliphatic heterocycles. The van der Waals surface area contributed by atoms with Gasteiger partial charge < -0.3 is 15.5 Å². The van der Waals surface area contributed by atoms with Crippen LogP contribution >= 0.6 is 0 Å². The highest BCUT2D eigenvalue weighted by molar-refractivity contribution is 7.89. The summed E-state index contributed by atoms with van der Waals surface area (Å²) in [6, 6.07) is 14.3. The molecular formula is C22H23N3O5S. The topological polar surface area (TPSA) is 123 Å². The molecule has 1 aromatic heterocycles. The van der Waals surface area contributed by atoms with Crippen LogP contribution in [0.3, 0.4) is 0 Å². The molecule has 0 fully saturated rings. The first kappa shape index (κ1) is 22.3. The van der Waals surface area contributed by atoms with Gasteiger partial charge in [-0.05, 0) is 54.4 Å². The van der Waals surface area contributed by atoms with Crippen LogP contribution in [0.1, 0.15) is 37.6 Å². The molecule has 0 saturated carbocycles. The zero-order valence-electron chi connectivity index (χ0n) is 17.2. The second-order valence-corrected chi connectivity index (χ2v) is 8.91. The molecule has 31 heavy (non-hydrogen) atoms. The Balaban J connectivity index is 1.97. The number of furan rings is 1. The number of primary amides is 1. The number of hydrogen-bond donors (Lipinski definition) is 2. The Morgan fingerprint density at radius 1 is 1.06 bits per heavy atom. The number of nitrogens with zero attached hydrogens (tertiary/aromatic N) is 1. The average Bonchev–Trinajstić information content (AvgIpc) is 3.26. The molecule has 0 bridgehead atoms. The smallest absolute Gasteiger partial charge is 0.251 e. The molecule has 0 atom stereocenters. The van der Waals surface area contributed by atoms with Crippen LogP contribution in [0, 0.1) is 6.92 Å². The van der Waals surface area contributed by atoms with Crippen molar-refractivity contribution in [3.63, 3.8) is 0 Å². The van der Waals surface area contributed by atoms with Crippen molar-refractivity contribution in [2.45, 2.75) is 24.9 Å². The van der Waals surface area contributed by atoms with E-state index in [0.717, 1.165) is 0 Å². The highest BCUT2D eigenvalue weighted by Crippen LogP contribution is 2.24. The molecule has 0 aliphatic carbocycles. The number of nitrogens with one attached hydrogen (secondary N) is 1. The Labute approximate surface area is 180 Å². The Morgan fingerprint density at radius 2 is 1.77 bits per heavy atom. The van der Waals surface area contributed by atoms with E-state index in [4.69, 9.17) is 10.2 Å². The number of nitrogens with two attached hydrogens (primary N) is 1. The van der Waals surface area contributed by atoms with Crippen molar-refractivity contribution in [1.29, 1.82) is 0 Å². The van der Waals surface area contributed by atoms with Gasteiger partial charge >= 0.3 is 0 Å². The summed E-state index contributed by atoms with van der Waals surface area (Å²) in [4.78, 5) is 23.4. The summed E-state index contributed by atoms with van der Waals surface area (Å²) in [5, 5.41) is 2.54. The van der Waals surface area contributed by atoms with E-state index in [9.17, 15) is 18.0 Å². The minimum Gasteiger partial charge on any atom is -0.468 e. The summed E-state index contributed by atoms with van der Waals surface area (Å²) in [5.41, 5.74) is 7.28. The van der Waals surface area contributed by atoms with E-state index in [2.05, 4.69) is 5.32 Å².